The lowest BCUT2D eigenvalue weighted by atomic mass is 9.89. The van der Waals surface area contributed by atoms with Crippen molar-refractivity contribution in [2.24, 2.45) is 0 Å². The molecule has 0 aromatic carbocycles. The number of aromatic nitrogens is 2. The molecule has 7 heteroatoms. The number of aromatic amines is 1. The van der Waals surface area contributed by atoms with Gasteiger partial charge in [-0.05, 0) is 0 Å². The monoisotopic (exact) mass is 235 g/mol. The summed E-state index contributed by atoms with van der Waals surface area (Å²) in [5, 5.41) is 8.42. The van der Waals surface area contributed by atoms with Crippen LogP contribution in [0.1, 0.15) is 11.3 Å². The molecule has 0 amide bonds. The third kappa shape index (κ3) is 1.92. The summed E-state index contributed by atoms with van der Waals surface area (Å²) >= 11 is 0. The highest BCUT2D eigenvalue weighted by Crippen LogP contribution is 2.32. The quantitative estimate of drug-likeness (QED) is 0.820. The van der Waals surface area contributed by atoms with Crippen molar-refractivity contribution >= 4 is 0 Å². The zero-order valence-corrected chi connectivity index (χ0v) is 8.69. The predicted molar refractivity (Wildman–Crippen MR) is 49.9 cm³/mol. The number of nitrogens with one attached hydrogen (secondary N) is 2. The van der Waals surface area contributed by atoms with Gasteiger partial charge in [-0.2, -0.15) is 18.3 Å². The molecule has 1 aromatic rings. The van der Waals surface area contributed by atoms with Crippen molar-refractivity contribution in [3.8, 4) is 0 Å². The number of methoxy groups -OCH3 is 1. The van der Waals surface area contributed by atoms with Crippen LogP contribution in [0.5, 0.6) is 0 Å². The number of halogens is 3. The Kier molecular flexibility index (Phi) is 2.67. The van der Waals surface area contributed by atoms with Gasteiger partial charge in [-0.25, -0.2) is 0 Å². The van der Waals surface area contributed by atoms with Crippen LogP contribution in [-0.2, 0) is 17.3 Å². The summed E-state index contributed by atoms with van der Waals surface area (Å²) < 4.78 is 42.9. The minimum atomic E-state index is -4.39. The summed E-state index contributed by atoms with van der Waals surface area (Å²) in [7, 11) is 1.51. The van der Waals surface area contributed by atoms with Crippen LogP contribution in [0.25, 0.3) is 0 Å². The molecule has 1 aliphatic heterocycles. The molecule has 2 heterocycles. The van der Waals surface area contributed by atoms with Crippen LogP contribution in [0.4, 0.5) is 13.2 Å². The van der Waals surface area contributed by atoms with Gasteiger partial charge in [0.25, 0.3) is 0 Å². The molecule has 1 aromatic heterocycles. The molecule has 0 radical (unpaired) electrons. The first-order chi connectivity index (χ1) is 7.47. The van der Waals surface area contributed by atoms with Crippen molar-refractivity contribution in [2.45, 2.75) is 18.2 Å². The van der Waals surface area contributed by atoms with E-state index in [1.807, 2.05) is 5.10 Å². The van der Waals surface area contributed by atoms with Crippen LogP contribution in [-0.4, -0.2) is 36.0 Å². The maximum atomic E-state index is 12.6. The highest BCUT2D eigenvalue weighted by molar-refractivity contribution is 5.23. The highest BCUT2D eigenvalue weighted by atomic mass is 19.4. The maximum Gasteiger partial charge on any atom is 0.433 e. The third-order valence-electron chi connectivity index (χ3n) is 2.84. The van der Waals surface area contributed by atoms with Gasteiger partial charge in [0.2, 0.25) is 0 Å². The van der Waals surface area contributed by atoms with Crippen molar-refractivity contribution in [2.75, 3.05) is 20.2 Å². The Morgan fingerprint density at radius 2 is 2.19 bits per heavy atom. The van der Waals surface area contributed by atoms with E-state index in [9.17, 15) is 13.2 Å². The van der Waals surface area contributed by atoms with E-state index < -0.39 is 17.5 Å². The number of nitrogens with zero attached hydrogens (tertiary/aromatic N) is 1. The zero-order chi connectivity index (χ0) is 11.8. The Morgan fingerprint density at radius 1 is 1.50 bits per heavy atom. The number of H-pyrrole nitrogens is 1. The fraction of sp³-hybridized carbons (Fsp3) is 0.667. The third-order valence-corrected chi connectivity index (χ3v) is 2.84. The van der Waals surface area contributed by atoms with E-state index in [4.69, 9.17) is 4.74 Å². The van der Waals surface area contributed by atoms with Crippen molar-refractivity contribution in [1.29, 1.82) is 0 Å². The lowest BCUT2D eigenvalue weighted by Gasteiger charge is -2.41. The number of alkyl halides is 3. The molecule has 1 aliphatic rings. The summed E-state index contributed by atoms with van der Waals surface area (Å²) in [6.07, 6.45) is -2.97. The molecule has 0 aliphatic carbocycles. The molecule has 0 saturated carbocycles. The number of hydrogen-bond acceptors (Lipinski definition) is 3. The molecule has 1 saturated heterocycles. The van der Waals surface area contributed by atoms with Gasteiger partial charge in [0.1, 0.15) is 5.69 Å². The Labute approximate surface area is 90.2 Å². The summed E-state index contributed by atoms with van der Waals surface area (Å²) in [6, 6.07) is 0. The van der Waals surface area contributed by atoms with Crippen LogP contribution < -0.4 is 5.32 Å². The predicted octanol–water partition coefficient (Wildman–Crippen LogP) is 0.959. The van der Waals surface area contributed by atoms with E-state index in [0.29, 0.717) is 13.1 Å². The highest BCUT2D eigenvalue weighted by Gasteiger charge is 2.42. The molecule has 16 heavy (non-hydrogen) atoms. The van der Waals surface area contributed by atoms with E-state index in [1.54, 1.807) is 0 Å². The first-order valence-electron chi connectivity index (χ1n) is 4.82. The SMILES string of the molecule is COC1(Cc2cn[nH]c2C(F)(F)F)CNC1. The summed E-state index contributed by atoms with van der Waals surface area (Å²) in [6.45, 7) is 1.12. The molecule has 0 bridgehead atoms. The van der Waals surface area contributed by atoms with Gasteiger partial charge in [0.15, 0.2) is 0 Å². The Balaban J connectivity index is 2.19. The smallest absolute Gasteiger partial charge is 0.375 e. The van der Waals surface area contributed by atoms with Gasteiger partial charge >= 0.3 is 6.18 Å². The summed E-state index contributed by atoms with van der Waals surface area (Å²) in [4.78, 5) is 0. The fourth-order valence-electron chi connectivity index (χ4n) is 1.78. The summed E-state index contributed by atoms with van der Waals surface area (Å²) in [5.74, 6) is 0. The molecule has 90 valence electrons. The van der Waals surface area contributed by atoms with Crippen LogP contribution in [0.2, 0.25) is 0 Å². The minimum Gasteiger partial charge on any atom is -0.375 e. The Morgan fingerprint density at radius 3 is 2.62 bits per heavy atom. The largest absolute Gasteiger partial charge is 0.433 e. The van der Waals surface area contributed by atoms with Crippen molar-refractivity contribution in [3.63, 3.8) is 0 Å². The lowest BCUT2D eigenvalue weighted by molar-refractivity contribution is -0.142. The minimum absolute atomic E-state index is 0.149. The van der Waals surface area contributed by atoms with E-state index in [0.717, 1.165) is 0 Å². The molecule has 0 atom stereocenters. The second-order valence-corrected chi connectivity index (χ2v) is 3.94. The van der Waals surface area contributed by atoms with Crippen molar-refractivity contribution < 1.29 is 17.9 Å². The van der Waals surface area contributed by atoms with Crippen LogP contribution in [0, 0.1) is 0 Å². The van der Waals surface area contributed by atoms with Gasteiger partial charge in [0, 0.05) is 32.2 Å². The van der Waals surface area contributed by atoms with E-state index in [2.05, 4.69) is 10.4 Å². The molecular formula is C9H12F3N3O. The molecule has 4 nitrogen and oxygen atoms in total. The van der Waals surface area contributed by atoms with Crippen LogP contribution >= 0.6 is 0 Å². The standard InChI is InChI=1S/C9H12F3N3O/c1-16-8(4-13-5-8)2-6-3-14-15-7(6)9(10,11)12/h3,13H,2,4-5H2,1H3,(H,14,15). The number of rotatable bonds is 3. The fourth-order valence-corrected chi connectivity index (χ4v) is 1.78. The first kappa shape index (κ1) is 11.4. The topological polar surface area (TPSA) is 49.9 Å². The Bertz CT molecular complexity index is 365. The Hall–Kier alpha value is -1.08. The van der Waals surface area contributed by atoms with Gasteiger partial charge in [-0.1, -0.05) is 0 Å². The van der Waals surface area contributed by atoms with E-state index in [-0.39, 0.29) is 12.0 Å². The zero-order valence-electron chi connectivity index (χ0n) is 8.69. The van der Waals surface area contributed by atoms with Gasteiger partial charge in [0.05, 0.1) is 11.8 Å². The van der Waals surface area contributed by atoms with Crippen molar-refractivity contribution in [3.05, 3.63) is 17.5 Å². The second kappa shape index (κ2) is 3.74. The molecular weight excluding hydrogens is 223 g/mol. The second-order valence-electron chi connectivity index (χ2n) is 3.94. The normalized spacial score (nSPS) is 19.5. The van der Waals surface area contributed by atoms with E-state index in [1.165, 1.54) is 13.3 Å². The average molecular weight is 235 g/mol. The molecule has 1 fully saturated rings. The summed E-state index contributed by atoms with van der Waals surface area (Å²) in [5.41, 5.74) is -1.16. The molecule has 0 spiro atoms. The van der Waals surface area contributed by atoms with Crippen LogP contribution in [0.3, 0.4) is 0 Å². The average Bonchev–Trinajstić information content (AvgIpc) is 2.58. The van der Waals surface area contributed by atoms with Crippen LogP contribution in [0.15, 0.2) is 6.20 Å². The van der Waals surface area contributed by atoms with Gasteiger partial charge in [-0.3, -0.25) is 5.10 Å². The lowest BCUT2D eigenvalue weighted by Crippen LogP contribution is -2.62. The van der Waals surface area contributed by atoms with Gasteiger partial charge < -0.3 is 10.1 Å². The molecule has 0 unspecified atom stereocenters. The molecule has 2 N–H and O–H groups in total. The van der Waals surface area contributed by atoms with Gasteiger partial charge in [-0.15, -0.1) is 0 Å². The number of ether oxygens (including phenoxy) is 1. The first-order valence-corrected chi connectivity index (χ1v) is 4.82. The van der Waals surface area contributed by atoms with E-state index >= 15 is 0 Å². The number of hydrogen-bond donors (Lipinski definition) is 2. The maximum absolute atomic E-state index is 12.6. The molecule has 2 rings (SSSR count). The van der Waals surface area contributed by atoms with Crippen molar-refractivity contribution in [1.82, 2.24) is 15.5 Å².